The number of carboxylic acid groups (broad SMARTS) is 1. The molecule has 1 aliphatic carbocycles. The summed E-state index contributed by atoms with van der Waals surface area (Å²) in [5, 5.41) is 14.3. The monoisotopic (exact) mass is 494 g/mol. The fourth-order valence-corrected chi connectivity index (χ4v) is 4.86. The molecule has 1 heterocycles. The molecule has 3 N–H and O–H groups in total. The van der Waals surface area contributed by atoms with Gasteiger partial charge in [0, 0.05) is 4.88 Å². The number of halogens is 2. The van der Waals surface area contributed by atoms with Crippen molar-refractivity contribution in [1.82, 2.24) is 5.32 Å². The Balaban J connectivity index is 1.92. The van der Waals surface area contributed by atoms with Crippen LogP contribution in [-0.4, -0.2) is 40.5 Å². The van der Waals surface area contributed by atoms with Gasteiger partial charge in [-0.1, -0.05) is 6.07 Å². The van der Waals surface area contributed by atoms with E-state index in [9.17, 15) is 33.1 Å². The number of fused-ring (bicyclic) bond motifs is 1. The molecular weight excluding hydrogens is 470 g/mol. The molecule has 0 radical (unpaired) electrons. The van der Waals surface area contributed by atoms with Crippen LogP contribution in [0.2, 0.25) is 0 Å². The third kappa shape index (κ3) is 5.41. The predicted molar refractivity (Wildman–Crippen MR) is 120 cm³/mol. The molecular formula is C23H24F2N2O6S. The van der Waals surface area contributed by atoms with Crippen molar-refractivity contribution in [2.75, 3.05) is 5.32 Å². The molecule has 34 heavy (non-hydrogen) atoms. The van der Waals surface area contributed by atoms with E-state index < -0.39 is 58.5 Å². The highest BCUT2D eigenvalue weighted by atomic mass is 32.1. The number of ketones is 1. The summed E-state index contributed by atoms with van der Waals surface area (Å²) >= 11 is 0.974. The summed E-state index contributed by atoms with van der Waals surface area (Å²) in [6.45, 7) is 6.39. The molecule has 2 unspecified atom stereocenters. The highest BCUT2D eigenvalue weighted by molar-refractivity contribution is 7.17. The van der Waals surface area contributed by atoms with Crippen LogP contribution in [0, 0.1) is 17.6 Å². The van der Waals surface area contributed by atoms with Crippen molar-refractivity contribution < 1.29 is 37.8 Å². The van der Waals surface area contributed by atoms with Gasteiger partial charge in [-0.2, -0.15) is 0 Å². The van der Waals surface area contributed by atoms with Crippen molar-refractivity contribution in [1.29, 1.82) is 0 Å². The molecule has 0 saturated carbocycles. The molecule has 0 spiro atoms. The summed E-state index contributed by atoms with van der Waals surface area (Å²) in [7, 11) is 0. The van der Waals surface area contributed by atoms with E-state index in [1.807, 2.05) is 0 Å². The summed E-state index contributed by atoms with van der Waals surface area (Å²) < 4.78 is 33.8. The summed E-state index contributed by atoms with van der Waals surface area (Å²) in [6, 6.07) is 1.93. The Kier molecular flexibility index (Phi) is 7.06. The van der Waals surface area contributed by atoms with Gasteiger partial charge >= 0.3 is 12.1 Å². The van der Waals surface area contributed by atoms with Gasteiger partial charge in [-0.05, 0) is 58.2 Å². The number of amides is 2. The molecule has 0 aliphatic heterocycles. The smallest absolute Gasteiger partial charge is 0.408 e. The standard InChI is InChI=1S/C23H24F2N2O6S/c1-10(26-22(32)33-23(2,3)4)19(29)27-20-16(12-8-11(21(30)31)9-15(12)34-20)18(28)17-13(24)6-5-7-14(17)25/h5-7,10-11H,8-9H2,1-4H3,(H,26,32)(H,27,29)(H,30,31). The zero-order chi connectivity index (χ0) is 25.4. The number of ether oxygens (including phenoxy) is 1. The summed E-state index contributed by atoms with van der Waals surface area (Å²) in [5.74, 6) is -5.67. The van der Waals surface area contributed by atoms with Crippen LogP contribution in [-0.2, 0) is 27.2 Å². The lowest BCUT2D eigenvalue weighted by Crippen LogP contribution is -2.44. The molecule has 2 amide bonds. The summed E-state index contributed by atoms with van der Waals surface area (Å²) in [4.78, 5) is 49.9. The van der Waals surface area contributed by atoms with Crippen molar-refractivity contribution >= 4 is 40.1 Å². The normalized spacial score (nSPS) is 15.9. The lowest BCUT2D eigenvalue weighted by Gasteiger charge is -2.21. The molecule has 0 fully saturated rings. The van der Waals surface area contributed by atoms with Crippen LogP contribution >= 0.6 is 11.3 Å². The van der Waals surface area contributed by atoms with Crippen molar-refractivity contribution in [3.63, 3.8) is 0 Å². The summed E-state index contributed by atoms with van der Waals surface area (Å²) in [6.07, 6.45) is -0.713. The lowest BCUT2D eigenvalue weighted by atomic mass is 9.98. The van der Waals surface area contributed by atoms with Gasteiger partial charge in [-0.3, -0.25) is 14.4 Å². The molecule has 182 valence electrons. The van der Waals surface area contributed by atoms with E-state index in [1.54, 1.807) is 20.8 Å². The summed E-state index contributed by atoms with van der Waals surface area (Å²) in [5.41, 5.74) is -1.38. The number of hydrogen-bond acceptors (Lipinski definition) is 6. The lowest BCUT2D eigenvalue weighted by molar-refractivity contribution is -0.141. The largest absolute Gasteiger partial charge is 0.481 e. The minimum Gasteiger partial charge on any atom is -0.481 e. The Bertz CT molecular complexity index is 1150. The topological polar surface area (TPSA) is 122 Å². The van der Waals surface area contributed by atoms with Crippen molar-refractivity contribution in [3.05, 3.63) is 51.4 Å². The highest BCUT2D eigenvalue weighted by Crippen LogP contribution is 2.42. The van der Waals surface area contributed by atoms with Gasteiger partial charge in [-0.15, -0.1) is 11.3 Å². The SMILES string of the molecule is CC(NC(=O)OC(C)(C)C)C(=O)Nc1sc2c(c1C(=O)c1c(F)cccc1F)CC(C(=O)O)C2. The molecule has 1 aromatic carbocycles. The van der Waals surface area contributed by atoms with Crippen LogP contribution in [0.4, 0.5) is 18.6 Å². The van der Waals surface area contributed by atoms with E-state index in [1.165, 1.54) is 6.92 Å². The van der Waals surface area contributed by atoms with E-state index in [-0.39, 0.29) is 23.4 Å². The minimum atomic E-state index is -1.07. The van der Waals surface area contributed by atoms with Gasteiger partial charge in [0.05, 0.1) is 17.0 Å². The van der Waals surface area contributed by atoms with Crippen molar-refractivity contribution in [2.24, 2.45) is 5.92 Å². The van der Waals surface area contributed by atoms with E-state index >= 15 is 0 Å². The number of anilines is 1. The van der Waals surface area contributed by atoms with Crippen LogP contribution in [0.3, 0.4) is 0 Å². The fourth-order valence-electron chi connectivity index (χ4n) is 3.55. The number of carbonyl (C=O) groups excluding carboxylic acids is 3. The maximum Gasteiger partial charge on any atom is 0.408 e. The molecule has 0 saturated heterocycles. The average molecular weight is 495 g/mol. The molecule has 1 aliphatic rings. The Morgan fingerprint density at radius 2 is 1.74 bits per heavy atom. The Morgan fingerprint density at radius 1 is 1.12 bits per heavy atom. The number of nitrogens with one attached hydrogen (secondary N) is 2. The van der Waals surface area contributed by atoms with Crippen molar-refractivity contribution in [3.8, 4) is 0 Å². The van der Waals surface area contributed by atoms with Gasteiger partial charge < -0.3 is 20.5 Å². The number of carbonyl (C=O) groups is 4. The first-order chi connectivity index (χ1) is 15.8. The molecule has 2 atom stereocenters. The zero-order valence-corrected chi connectivity index (χ0v) is 19.8. The number of rotatable bonds is 6. The van der Waals surface area contributed by atoms with Crippen LogP contribution < -0.4 is 10.6 Å². The maximum absolute atomic E-state index is 14.4. The average Bonchev–Trinajstić information content (AvgIpc) is 3.23. The maximum atomic E-state index is 14.4. The molecule has 2 aromatic rings. The number of carboxylic acids is 1. The fraction of sp³-hybridized carbons (Fsp3) is 0.391. The van der Waals surface area contributed by atoms with Crippen LogP contribution in [0.1, 0.15) is 54.1 Å². The highest BCUT2D eigenvalue weighted by Gasteiger charge is 2.37. The van der Waals surface area contributed by atoms with Crippen molar-refractivity contribution in [2.45, 2.75) is 52.2 Å². The number of benzene rings is 1. The minimum absolute atomic E-state index is 0.0140. The Hall–Kier alpha value is -3.34. The second-order valence-corrected chi connectivity index (χ2v) is 10.0. The molecule has 11 heteroatoms. The second-order valence-electron chi connectivity index (χ2n) is 8.93. The van der Waals surface area contributed by atoms with E-state index in [0.717, 1.165) is 29.5 Å². The van der Waals surface area contributed by atoms with E-state index in [4.69, 9.17) is 4.74 Å². The first-order valence-electron chi connectivity index (χ1n) is 10.4. The second kappa shape index (κ2) is 9.49. The molecule has 3 rings (SSSR count). The first-order valence-corrected chi connectivity index (χ1v) is 11.3. The number of aliphatic carboxylic acids is 1. The number of thiophene rings is 1. The van der Waals surface area contributed by atoms with Crippen LogP contribution in [0.5, 0.6) is 0 Å². The van der Waals surface area contributed by atoms with E-state index in [2.05, 4.69) is 10.6 Å². The zero-order valence-electron chi connectivity index (χ0n) is 19.0. The van der Waals surface area contributed by atoms with Gasteiger partial charge in [0.2, 0.25) is 11.7 Å². The number of alkyl carbamates (subject to hydrolysis) is 1. The molecule has 8 nitrogen and oxygen atoms in total. The van der Waals surface area contributed by atoms with E-state index in [0.29, 0.717) is 10.4 Å². The third-order valence-electron chi connectivity index (χ3n) is 5.10. The quantitative estimate of drug-likeness (QED) is 0.524. The Labute approximate surface area is 198 Å². The van der Waals surface area contributed by atoms with Gasteiger partial charge in [-0.25, -0.2) is 13.6 Å². The molecule has 0 bridgehead atoms. The predicted octanol–water partition coefficient (Wildman–Crippen LogP) is 3.91. The first kappa shape index (κ1) is 25.3. The molecule has 1 aromatic heterocycles. The van der Waals surface area contributed by atoms with Crippen LogP contribution in [0.25, 0.3) is 0 Å². The van der Waals surface area contributed by atoms with Gasteiger partial charge in [0.1, 0.15) is 28.3 Å². The van der Waals surface area contributed by atoms with Gasteiger partial charge in [0.25, 0.3) is 0 Å². The third-order valence-corrected chi connectivity index (χ3v) is 6.27. The Morgan fingerprint density at radius 3 is 2.29 bits per heavy atom. The van der Waals surface area contributed by atoms with Gasteiger partial charge in [0.15, 0.2) is 0 Å². The number of hydrogen-bond donors (Lipinski definition) is 3. The van der Waals surface area contributed by atoms with Crippen LogP contribution in [0.15, 0.2) is 18.2 Å².